The lowest BCUT2D eigenvalue weighted by molar-refractivity contribution is -0.0158. The van der Waals surface area contributed by atoms with Gasteiger partial charge in [0.2, 0.25) is 0 Å². The number of benzene rings is 1. The van der Waals surface area contributed by atoms with E-state index < -0.39 is 0 Å². The average Bonchev–Trinajstić information content (AvgIpc) is 2.77. The standard InChI is InChI=1S/C24H38FNO3S/c1-28-23-14-18-9-11-26-17-19(8-6-4-3-5-7-12-30-13-10-25)22(27)16-21(26)20(18)15-24(23)29-2/h14-15,19,21-22,27H,3-13,16-17H2,1-2H3/t19-,21-,22-/m1/s1/i25-1. The second kappa shape index (κ2) is 12.2. The molecule has 3 rings (SSSR count). The highest BCUT2D eigenvalue weighted by Crippen LogP contribution is 2.43. The van der Waals surface area contributed by atoms with Gasteiger partial charge in [-0.2, -0.15) is 11.8 Å². The molecule has 2 heterocycles. The number of halogens is 1. The summed E-state index contributed by atoms with van der Waals surface area (Å²) in [6.07, 6.45) is 8.82. The van der Waals surface area contributed by atoms with Gasteiger partial charge in [-0.3, -0.25) is 9.29 Å². The van der Waals surface area contributed by atoms with Crippen LogP contribution in [0.2, 0.25) is 0 Å². The summed E-state index contributed by atoms with van der Waals surface area (Å²) >= 11 is 1.72. The van der Waals surface area contributed by atoms with Crippen LogP contribution < -0.4 is 9.47 Å². The lowest BCUT2D eigenvalue weighted by Gasteiger charge is -2.46. The van der Waals surface area contributed by atoms with E-state index >= 15 is 0 Å². The van der Waals surface area contributed by atoms with E-state index in [1.54, 1.807) is 26.0 Å². The Morgan fingerprint density at radius 3 is 2.57 bits per heavy atom. The Bertz CT molecular complexity index is 660. The fourth-order valence-corrected chi connectivity index (χ4v) is 5.72. The van der Waals surface area contributed by atoms with Gasteiger partial charge in [-0.15, -0.1) is 0 Å². The third-order valence-corrected chi connectivity index (χ3v) is 7.70. The Kier molecular flexibility index (Phi) is 9.60. The number of alkyl halides is 1. The van der Waals surface area contributed by atoms with Crippen LogP contribution >= 0.6 is 11.8 Å². The molecule has 0 amide bonds. The molecule has 6 heteroatoms. The van der Waals surface area contributed by atoms with Gasteiger partial charge in [-0.05, 0) is 60.6 Å². The monoisotopic (exact) mass is 438 g/mol. The van der Waals surface area contributed by atoms with Gasteiger partial charge in [0.25, 0.3) is 0 Å². The molecule has 1 fully saturated rings. The minimum atomic E-state index is -0.234. The Labute approximate surface area is 185 Å². The number of aliphatic hydroxyl groups excluding tert-OH is 1. The number of aliphatic hydroxyl groups is 1. The molecule has 0 saturated carbocycles. The summed E-state index contributed by atoms with van der Waals surface area (Å²) in [7, 11) is 3.36. The third kappa shape index (κ3) is 6.04. The van der Waals surface area contributed by atoms with Crippen molar-refractivity contribution in [3.8, 4) is 11.5 Å². The number of hydrogen-bond acceptors (Lipinski definition) is 5. The minimum absolute atomic E-state index is 0.209. The molecule has 3 atom stereocenters. The number of methoxy groups -OCH3 is 2. The highest BCUT2D eigenvalue weighted by Gasteiger charge is 2.38. The highest BCUT2D eigenvalue weighted by molar-refractivity contribution is 7.99. The fourth-order valence-electron chi connectivity index (χ4n) is 5.00. The summed E-state index contributed by atoms with van der Waals surface area (Å²) in [5, 5.41) is 10.9. The molecule has 0 aliphatic carbocycles. The molecule has 2 aliphatic heterocycles. The van der Waals surface area contributed by atoms with Crippen LogP contribution in [0.15, 0.2) is 12.1 Å². The van der Waals surface area contributed by atoms with E-state index in [1.807, 2.05) is 0 Å². The lowest BCUT2D eigenvalue weighted by atomic mass is 9.80. The highest BCUT2D eigenvalue weighted by atomic mass is 32.2. The first-order valence-electron chi connectivity index (χ1n) is 11.5. The van der Waals surface area contributed by atoms with Crippen LogP contribution in [0, 0.1) is 5.92 Å². The number of hydrogen-bond donors (Lipinski definition) is 1. The van der Waals surface area contributed by atoms with Crippen molar-refractivity contribution in [3.05, 3.63) is 23.3 Å². The van der Waals surface area contributed by atoms with Crippen LogP contribution in [-0.4, -0.2) is 61.6 Å². The molecular formula is C24H38FNO3S. The molecular weight excluding hydrogens is 400 g/mol. The largest absolute Gasteiger partial charge is 0.493 e. The van der Waals surface area contributed by atoms with E-state index in [9.17, 15) is 9.50 Å². The van der Waals surface area contributed by atoms with Crippen molar-refractivity contribution in [1.82, 2.24) is 4.90 Å². The average molecular weight is 439 g/mol. The fraction of sp³-hybridized carbons (Fsp3) is 0.750. The van der Waals surface area contributed by atoms with Crippen LogP contribution in [0.25, 0.3) is 0 Å². The summed E-state index contributed by atoms with van der Waals surface area (Å²) in [6.45, 7) is 1.83. The third-order valence-electron chi connectivity index (χ3n) is 6.68. The van der Waals surface area contributed by atoms with E-state index in [1.165, 1.54) is 43.2 Å². The van der Waals surface area contributed by atoms with Crippen molar-refractivity contribution in [3.63, 3.8) is 0 Å². The quantitative estimate of drug-likeness (QED) is 0.464. The second-order valence-corrected chi connectivity index (χ2v) is 9.81. The van der Waals surface area contributed by atoms with Gasteiger partial charge >= 0.3 is 0 Å². The maximum Gasteiger partial charge on any atom is 0.161 e. The SMILES string of the molecule is COc1cc2c(cc1OC)[C@H]1C[C@@H](O)[C@H](CCCCCCCSCC[18F])CN1CC2. The van der Waals surface area contributed by atoms with Gasteiger partial charge in [0, 0.05) is 24.9 Å². The molecule has 1 saturated heterocycles. The Morgan fingerprint density at radius 1 is 1.07 bits per heavy atom. The molecule has 0 bridgehead atoms. The van der Waals surface area contributed by atoms with Gasteiger partial charge < -0.3 is 14.6 Å². The minimum Gasteiger partial charge on any atom is -0.493 e. The van der Waals surface area contributed by atoms with Crippen LogP contribution in [0.1, 0.15) is 62.1 Å². The topological polar surface area (TPSA) is 41.9 Å². The molecule has 4 nitrogen and oxygen atoms in total. The van der Waals surface area contributed by atoms with Gasteiger partial charge in [0.05, 0.1) is 27.0 Å². The zero-order valence-corrected chi connectivity index (χ0v) is 19.4. The van der Waals surface area contributed by atoms with E-state index in [0.29, 0.717) is 11.7 Å². The summed E-state index contributed by atoms with van der Waals surface area (Å²) < 4.78 is 23.1. The van der Waals surface area contributed by atoms with Crippen LogP contribution in [0.4, 0.5) is 4.39 Å². The van der Waals surface area contributed by atoms with E-state index in [2.05, 4.69) is 17.0 Å². The molecule has 1 N–H and O–H groups in total. The number of thioether (sulfide) groups is 1. The van der Waals surface area contributed by atoms with E-state index in [4.69, 9.17) is 9.47 Å². The van der Waals surface area contributed by atoms with Gasteiger partial charge in [-0.1, -0.05) is 25.7 Å². The van der Waals surface area contributed by atoms with Gasteiger partial charge in [0.1, 0.15) is 0 Å². The van der Waals surface area contributed by atoms with Crippen LogP contribution in [0.5, 0.6) is 11.5 Å². The molecule has 1 aromatic rings. The van der Waals surface area contributed by atoms with Crippen molar-refractivity contribution < 1.29 is 19.0 Å². The smallest absolute Gasteiger partial charge is 0.161 e. The summed E-state index contributed by atoms with van der Waals surface area (Å²) in [5.74, 6) is 3.67. The predicted octanol–water partition coefficient (Wildman–Crippen LogP) is 5.03. The number of rotatable bonds is 12. The number of nitrogens with zero attached hydrogens (tertiary/aromatic N) is 1. The van der Waals surface area contributed by atoms with Gasteiger partial charge in [-0.25, -0.2) is 0 Å². The van der Waals surface area contributed by atoms with Crippen molar-refractivity contribution in [2.75, 3.05) is 45.5 Å². The normalized spacial score (nSPS) is 23.7. The number of ether oxygens (including phenoxy) is 2. The second-order valence-electron chi connectivity index (χ2n) is 8.59. The van der Waals surface area contributed by atoms with Crippen molar-refractivity contribution >= 4 is 11.8 Å². The molecule has 1 aromatic carbocycles. The Balaban J connectivity index is 1.46. The lowest BCUT2D eigenvalue weighted by Crippen LogP contribution is -2.48. The molecule has 30 heavy (non-hydrogen) atoms. The van der Waals surface area contributed by atoms with Crippen molar-refractivity contribution in [1.29, 1.82) is 0 Å². The maximum atomic E-state index is 12.1. The first-order valence-corrected chi connectivity index (χ1v) is 12.6. The zero-order valence-electron chi connectivity index (χ0n) is 18.6. The zero-order chi connectivity index (χ0) is 21.3. The predicted molar refractivity (Wildman–Crippen MR) is 123 cm³/mol. The Morgan fingerprint density at radius 2 is 1.80 bits per heavy atom. The molecule has 0 unspecified atom stereocenters. The summed E-state index contributed by atoms with van der Waals surface area (Å²) in [6, 6.07) is 4.51. The van der Waals surface area contributed by atoms with Crippen LogP contribution in [0.3, 0.4) is 0 Å². The van der Waals surface area contributed by atoms with Crippen molar-refractivity contribution in [2.24, 2.45) is 5.92 Å². The number of unbranched alkanes of at least 4 members (excludes halogenated alkanes) is 4. The Hall–Kier alpha value is -0.980. The first kappa shape index (κ1) is 23.7. The van der Waals surface area contributed by atoms with Crippen molar-refractivity contribution in [2.45, 2.75) is 63.5 Å². The maximum absolute atomic E-state index is 12.1. The molecule has 0 aromatic heterocycles. The molecule has 0 radical (unpaired) electrons. The van der Waals surface area contributed by atoms with Crippen LogP contribution in [-0.2, 0) is 6.42 Å². The summed E-state index contributed by atoms with van der Waals surface area (Å²) in [4.78, 5) is 2.56. The van der Waals surface area contributed by atoms with Gasteiger partial charge in [0.15, 0.2) is 11.5 Å². The number of piperidine rings is 1. The molecule has 2 aliphatic rings. The van der Waals surface area contributed by atoms with E-state index in [-0.39, 0.29) is 18.8 Å². The summed E-state index contributed by atoms with van der Waals surface area (Å²) in [5.41, 5.74) is 2.62. The van der Waals surface area contributed by atoms with E-state index in [0.717, 1.165) is 49.6 Å². The number of fused-ring (bicyclic) bond motifs is 3. The molecule has 0 spiro atoms. The first-order chi connectivity index (χ1) is 14.7. The molecule has 170 valence electrons.